The third-order valence-corrected chi connectivity index (χ3v) is 6.14. The molecule has 6 nitrogen and oxygen atoms in total. The van der Waals surface area contributed by atoms with Crippen molar-refractivity contribution in [2.24, 2.45) is 4.99 Å². The zero-order valence-corrected chi connectivity index (χ0v) is 17.9. The van der Waals surface area contributed by atoms with E-state index in [9.17, 15) is 4.39 Å². The zero-order valence-electron chi connectivity index (χ0n) is 17.1. The van der Waals surface area contributed by atoms with E-state index in [0.717, 1.165) is 48.5 Å². The first kappa shape index (κ1) is 20.0. The van der Waals surface area contributed by atoms with Crippen LogP contribution in [0.3, 0.4) is 0 Å². The molecule has 2 unspecified atom stereocenters. The largest absolute Gasteiger partial charge is 0.494 e. The molecule has 2 aliphatic rings. The topological polar surface area (TPSA) is 54.7 Å². The molecule has 0 saturated carbocycles. The van der Waals surface area contributed by atoms with Gasteiger partial charge in [-0.3, -0.25) is 0 Å². The normalized spacial score (nSPS) is 22.4. The lowest BCUT2D eigenvalue weighted by Gasteiger charge is -2.37. The highest BCUT2D eigenvalue weighted by Gasteiger charge is 2.37. The van der Waals surface area contributed by atoms with Gasteiger partial charge in [-0.25, -0.2) is 19.4 Å². The molecule has 0 spiro atoms. The summed E-state index contributed by atoms with van der Waals surface area (Å²) >= 11 is 5.95. The number of fused-ring (bicyclic) bond motifs is 1. The van der Waals surface area contributed by atoms with Gasteiger partial charge in [-0.1, -0.05) is 23.7 Å². The van der Waals surface area contributed by atoms with Crippen LogP contribution in [0.25, 0.3) is 5.69 Å². The van der Waals surface area contributed by atoms with Gasteiger partial charge in [0.05, 0.1) is 24.5 Å². The van der Waals surface area contributed by atoms with Crippen molar-refractivity contribution in [1.82, 2.24) is 20.0 Å². The molecule has 8 heteroatoms. The van der Waals surface area contributed by atoms with Gasteiger partial charge in [0.15, 0.2) is 0 Å². The minimum atomic E-state index is -0.205. The van der Waals surface area contributed by atoms with Gasteiger partial charge in [-0.15, -0.1) is 0 Å². The second kappa shape index (κ2) is 8.32. The van der Waals surface area contributed by atoms with Crippen molar-refractivity contribution >= 4 is 23.1 Å². The summed E-state index contributed by atoms with van der Waals surface area (Å²) in [6.45, 7) is 0. The number of aliphatic imine (C=N–C) groups is 1. The Morgan fingerprint density at radius 1 is 1.19 bits per heavy atom. The summed E-state index contributed by atoms with van der Waals surface area (Å²) in [5.41, 5.74) is 6.30. The van der Waals surface area contributed by atoms with E-state index >= 15 is 0 Å². The molecular weight excluding hydrogens is 417 g/mol. The highest BCUT2D eigenvalue weighted by atomic mass is 35.5. The molecule has 0 bridgehead atoms. The fourth-order valence-corrected chi connectivity index (χ4v) is 4.63. The van der Waals surface area contributed by atoms with Crippen molar-refractivity contribution in [3.05, 3.63) is 71.5 Å². The number of rotatable bonds is 4. The maximum Gasteiger partial charge on any atom is 0.147 e. The number of nitrogens with one attached hydrogen (secondary N) is 1. The molecule has 0 radical (unpaired) electrons. The molecule has 2 aliphatic heterocycles. The number of aromatic nitrogens is 2. The van der Waals surface area contributed by atoms with Crippen LogP contribution in [0.4, 0.5) is 10.1 Å². The number of amidine groups is 1. The van der Waals surface area contributed by atoms with E-state index in [1.807, 2.05) is 34.9 Å². The Bertz CT molecular complexity index is 1110. The smallest absolute Gasteiger partial charge is 0.147 e. The molecular formula is C23H23ClFN5O. The molecule has 2 atom stereocenters. The van der Waals surface area contributed by atoms with Crippen molar-refractivity contribution in [3.8, 4) is 11.4 Å². The molecule has 2 fully saturated rings. The molecule has 0 aliphatic carbocycles. The number of methoxy groups -OCH3 is 1. The van der Waals surface area contributed by atoms with Gasteiger partial charge in [-0.05, 0) is 49.1 Å². The Hall–Kier alpha value is -2.90. The number of hydrazine groups is 1. The Kier molecular flexibility index (Phi) is 5.38. The molecule has 31 heavy (non-hydrogen) atoms. The van der Waals surface area contributed by atoms with Crippen molar-refractivity contribution in [3.63, 3.8) is 0 Å². The van der Waals surface area contributed by atoms with Gasteiger partial charge in [0.2, 0.25) is 0 Å². The number of ether oxygens (including phenoxy) is 1. The van der Waals surface area contributed by atoms with Gasteiger partial charge in [0.1, 0.15) is 28.9 Å². The fraction of sp³-hybridized carbons (Fsp3) is 0.304. The molecule has 1 N–H and O–H groups in total. The molecule has 5 rings (SSSR count). The number of nitrogens with zero attached hydrogens (tertiary/aromatic N) is 4. The van der Waals surface area contributed by atoms with Crippen LogP contribution in [-0.4, -0.2) is 33.5 Å². The highest BCUT2D eigenvalue weighted by Crippen LogP contribution is 2.37. The summed E-state index contributed by atoms with van der Waals surface area (Å²) in [5.74, 6) is 1.42. The minimum Gasteiger partial charge on any atom is -0.494 e. The van der Waals surface area contributed by atoms with Crippen LogP contribution in [0.1, 0.15) is 37.3 Å². The molecule has 0 amide bonds. The van der Waals surface area contributed by atoms with E-state index < -0.39 is 0 Å². The van der Waals surface area contributed by atoms with Crippen molar-refractivity contribution < 1.29 is 9.13 Å². The quantitative estimate of drug-likeness (QED) is 0.606. The summed E-state index contributed by atoms with van der Waals surface area (Å²) in [7, 11) is 1.63. The van der Waals surface area contributed by atoms with Gasteiger partial charge >= 0.3 is 0 Å². The second-order valence-electron chi connectivity index (χ2n) is 7.89. The number of imidazole rings is 1. The average molecular weight is 440 g/mol. The number of piperidine rings is 1. The predicted octanol–water partition coefficient (Wildman–Crippen LogP) is 5.21. The third kappa shape index (κ3) is 4.03. The second-order valence-corrected chi connectivity index (χ2v) is 8.28. The van der Waals surface area contributed by atoms with Crippen LogP contribution in [-0.2, 0) is 0 Å². The Morgan fingerprint density at radius 3 is 2.77 bits per heavy atom. The lowest BCUT2D eigenvalue weighted by atomic mass is 9.92. The average Bonchev–Trinajstić information content (AvgIpc) is 3.39. The van der Waals surface area contributed by atoms with Gasteiger partial charge in [0.25, 0.3) is 0 Å². The molecule has 2 aromatic carbocycles. The Balaban J connectivity index is 1.38. The van der Waals surface area contributed by atoms with E-state index in [1.165, 1.54) is 12.1 Å². The Labute approximate surface area is 185 Å². The van der Waals surface area contributed by atoms with E-state index in [4.69, 9.17) is 21.3 Å². The molecule has 3 heterocycles. The van der Waals surface area contributed by atoms with Gasteiger partial charge in [0, 0.05) is 24.7 Å². The van der Waals surface area contributed by atoms with Gasteiger partial charge in [-0.2, -0.15) is 0 Å². The summed E-state index contributed by atoms with van der Waals surface area (Å²) in [5, 5.41) is 2.71. The monoisotopic (exact) mass is 439 g/mol. The standard InChI is InChI=1S/C23H23ClFN5O/c1-31-21-11-17(9-10-20(21)29-13-22(24)26-14-29)27-23-12-18-3-2-4-19(30(18)28-23)15-5-7-16(25)8-6-15/h5-11,13-14,18-19H,2-4,12H2,1H3,(H,27,28). The number of halogens is 2. The maximum absolute atomic E-state index is 13.4. The predicted molar refractivity (Wildman–Crippen MR) is 119 cm³/mol. The van der Waals surface area contributed by atoms with Crippen LogP contribution in [0.15, 0.2) is 60.0 Å². The SMILES string of the molecule is COc1cc(N=C2CC3CCCC(c4ccc(F)cc4)N3N2)ccc1-n1cnc(Cl)c1. The molecule has 3 aromatic rings. The van der Waals surface area contributed by atoms with E-state index in [0.29, 0.717) is 16.9 Å². The van der Waals surface area contributed by atoms with Crippen molar-refractivity contribution in [1.29, 1.82) is 0 Å². The van der Waals surface area contributed by atoms with Crippen LogP contribution < -0.4 is 10.2 Å². The summed E-state index contributed by atoms with van der Waals surface area (Å²) in [6.07, 6.45) is 7.55. The first-order valence-electron chi connectivity index (χ1n) is 10.4. The maximum atomic E-state index is 13.4. The van der Waals surface area contributed by atoms with Crippen LogP contribution in [0.2, 0.25) is 5.15 Å². The van der Waals surface area contributed by atoms with E-state index in [1.54, 1.807) is 19.6 Å². The number of benzene rings is 2. The van der Waals surface area contributed by atoms with Crippen molar-refractivity contribution in [2.45, 2.75) is 37.8 Å². The lowest BCUT2D eigenvalue weighted by molar-refractivity contribution is 0.0808. The molecule has 160 valence electrons. The molecule has 2 saturated heterocycles. The van der Waals surface area contributed by atoms with Crippen LogP contribution >= 0.6 is 11.6 Å². The summed E-state index contributed by atoms with van der Waals surface area (Å²) in [4.78, 5) is 8.91. The first-order valence-corrected chi connectivity index (χ1v) is 10.7. The summed E-state index contributed by atoms with van der Waals surface area (Å²) in [6, 6.07) is 13.2. The fourth-order valence-electron chi connectivity index (χ4n) is 4.49. The first-order chi connectivity index (χ1) is 15.1. The summed E-state index contributed by atoms with van der Waals surface area (Å²) < 4.78 is 20.7. The van der Waals surface area contributed by atoms with E-state index in [-0.39, 0.29) is 11.9 Å². The Morgan fingerprint density at radius 2 is 2.03 bits per heavy atom. The lowest BCUT2D eigenvalue weighted by Crippen LogP contribution is -2.43. The number of hydrogen-bond acceptors (Lipinski definition) is 4. The van der Waals surface area contributed by atoms with Gasteiger partial charge < -0.3 is 14.7 Å². The van der Waals surface area contributed by atoms with Crippen LogP contribution in [0.5, 0.6) is 5.75 Å². The van der Waals surface area contributed by atoms with Crippen LogP contribution in [0, 0.1) is 5.82 Å². The molecule has 1 aromatic heterocycles. The highest BCUT2D eigenvalue weighted by molar-refractivity contribution is 6.29. The number of hydrogen-bond donors (Lipinski definition) is 1. The zero-order chi connectivity index (χ0) is 21.4. The van der Waals surface area contributed by atoms with Crippen molar-refractivity contribution in [2.75, 3.05) is 7.11 Å². The third-order valence-electron chi connectivity index (χ3n) is 5.94. The van der Waals surface area contributed by atoms with E-state index in [2.05, 4.69) is 15.4 Å². The minimum absolute atomic E-state index is 0.205.